The number of nitrogens with zero attached hydrogens (tertiary/aromatic N) is 4. The quantitative estimate of drug-likeness (QED) is 0.553. The van der Waals surface area contributed by atoms with Crippen LogP contribution in [0.2, 0.25) is 5.02 Å². The van der Waals surface area contributed by atoms with Crippen molar-refractivity contribution in [1.29, 1.82) is 0 Å². The highest BCUT2D eigenvalue weighted by molar-refractivity contribution is 7.91. The van der Waals surface area contributed by atoms with Crippen LogP contribution in [0.15, 0.2) is 32.9 Å². The smallest absolute Gasteiger partial charge is 0.332 e. The summed E-state index contributed by atoms with van der Waals surface area (Å²) in [6.07, 6.45) is -0.377. The molecule has 2 aromatic heterocycles. The van der Waals surface area contributed by atoms with Gasteiger partial charge in [0.25, 0.3) is 5.56 Å². The molecule has 0 atom stereocenters. The lowest BCUT2D eigenvalue weighted by Gasteiger charge is -2.11. The van der Waals surface area contributed by atoms with Crippen LogP contribution in [0, 0.1) is 0 Å². The number of hydrogen-bond acceptors (Lipinski definition) is 7. The van der Waals surface area contributed by atoms with Crippen molar-refractivity contribution in [2.24, 2.45) is 21.1 Å². The Balaban J connectivity index is 1.88. The molecular formula is C18H20ClN5O6S. The molecule has 0 saturated carbocycles. The van der Waals surface area contributed by atoms with Crippen LogP contribution in [0.5, 0.6) is 5.75 Å². The molecule has 3 rings (SSSR count). The molecule has 1 amide bonds. The predicted octanol–water partition coefficient (Wildman–Crippen LogP) is 0.435. The summed E-state index contributed by atoms with van der Waals surface area (Å²) >= 11 is 5.93. The third kappa shape index (κ3) is 4.08. The zero-order valence-electron chi connectivity index (χ0n) is 17.2. The minimum Gasteiger partial charge on any atom is -0.495 e. The third-order valence-corrected chi connectivity index (χ3v) is 6.63. The normalized spacial score (nSPS) is 11.6. The van der Waals surface area contributed by atoms with Crippen molar-refractivity contribution in [2.75, 3.05) is 18.2 Å². The first kappa shape index (κ1) is 22.6. The third-order valence-electron chi connectivity index (χ3n) is 4.73. The number of halogens is 1. The van der Waals surface area contributed by atoms with E-state index < -0.39 is 37.9 Å². The number of ether oxygens (including phenoxy) is 1. The molecule has 0 fully saturated rings. The zero-order chi connectivity index (χ0) is 23.1. The standard InChI is InChI=1S/C18H20ClN5O6S/c1-22-15-14(16(26)24(3)18(27)23(15)2)21-17(22)31(28,29)8-7-13(25)20-11-9-10(19)5-6-12(11)30-4/h5-6,9H,7-8H2,1-4H3,(H,20,25). The van der Waals surface area contributed by atoms with Crippen LogP contribution in [-0.2, 0) is 35.8 Å². The van der Waals surface area contributed by atoms with E-state index >= 15 is 0 Å². The van der Waals surface area contributed by atoms with Crippen molar-refractivity contribution in [3.05, 3.63) is 44.1 Å². The predicted molar refractivity (Wildman–Crippen MR) is 114 cm³/mol. The first-order valence-electron chi connectivity index (χ1n) is 8.96. The molecule has 31 heavy (non-hydrogen) atoms. The average molecular weight is 470 g/mol. The number of carbonyl (C=O) groups is 1. The highest BCUT2D eigenvalue weighted by atomic mass is 35.5. The molecule has 0 aliphatic heterocycles. The van der Waals surface area contributed by atoms with Crippen molar-refractivity contribution in [3.63, 3.8) is 0 Å². The number of rotatable bonds is 6. The van der Waals surface area contributed by atoms with Gasteiger partial charge in [-0.1, -0.05) is 11.6 Å². The molecule has 0 spiro atoms. The Bertz CT molecular complexity index is 1420. The molecule has 166 valence electrons. The summed E-state index contributed by atoms with van der Waals surface area (Å²) in [6.45, 7) is 0. The molecule has 0 bridgehead atoms. The number of methoxy groups -OCH3 is 1. The first-order valence-corrected chi connectivity index (χ1v) is 11.0. The lowest BCUT2D eigenvalue weighted by atomic mass is 10.3. The lowest BCUT2D eigenvalue weighted by molar-refractivity contribution is -0.115. The van der Waals surface area contributed by atoms with Crippen molar-refractivity contribution >= 4 is 44.2 Å². The maximum atomic E-state index is 12.8. The fourth-order valence-electron chi connectivity index (χ4n) is 3.15. The van der Waals surface area contributed by atoms with Gasteiger partial charge < -0.3 is 14.6 Å². The number of aromatic nitrogens is 4. The molecule has 0 unspecified atom stereocenters. The van der Waals surface area contributed by atoms with Gasteiger partial charge in [-0.05, 0) is 18.2 Å². The number of nitrogens with one attached hydrogen (secondary N) is 1. The van der Waals surface area contributed by atoms with E-state index in [1.165, 1.54) is 34.3 Å². The minimum atomic E-state index is -4.05. The second-order valence-corrected chi connectivity index (χ2v) is 9.23. The number of sulfone groups is 1. The van der Waals surface area contributed by atoms with E-state index in [-0.39, 0.29) is 17.6 Å². The molecule has 3 aromatic rings. The largest absolute Gasteiger partial charge is 0.495 e. The van der Waals surface area contributed by atoms with Crippen LogP contribution in [0.1, 0.15) is 6.42 Å². The van der Waals surface area contributed by atoms with E-state index in [0.29, 0.717) is 16.5 Å². The van der Waals surface area contributed by atoms with Gasteiger partial charge in [0, 0.05) is 32.6 Å². The molecule has 1 aromatic carbocycles. The SMILES string of the molecule is COc1ccc(Cl)cc1NC(=O)CCS(=O)(=O)c1nc2c(=O)n(C)c(=O)n(C)c2n1C. The number of aryl methyl sites for hydroxylation is 2. The second kappa shape index (κ2) is 8.19. The van der Waals surface area contributed by atoms with Crippen LogP contribution in [0.3, 0.4) is 0 Å². The second-order valence-electron chi connectivity index (χ2n) is 6.79. The maximum Gasteiger partial charge on any atom is 0.332 e. The van der Waals surface area contributed by atoms with Crippen LogP contribution < -0.4 is 21.3 Å². The molecule has 1 N–H and O–H groups in total. The number of benzene rings is 1. The summed E-state index contributed by atoms with van der Waals surface area (Å²) in [5, 5.41) is 2.52. The topological polar surface area (TPSA) is 134 Å². The molecule has 0 aliphatic rings. The monoisotopic (exact) mass is 469 g/mol. The fourth-order valence-corrected chi connectivity index (χ4v) is 4.69. The van der Waals surface area contributed by atoms with Crippen LogP contribution in [0.4, 0.5) is 5.69 Å². The molecular weight excluding hydrogens is 450 g/mol. The number of amides is 1. The van der Waals surface area contributed by atoms with E-state index in [0.717, 1.165) is 13.7 Å². The van der Waals surface area contributed by atoms with Crippen molar-refractivity contribution in [3.8, 4) is 5.75 Å². The average Bonchev–Trinajstić information content (AvgIpc) is 3.07. The number of anilines is 1. The molecule has 0 saturated heterocycles. The summed E-state index contributed by atoms with van der Waals surface area (Å²) in [6, 6.07) is 4.64. The molecule has 11 nitrogen and oxygen atoms in total. The highest BCUT2D eigenvalue weighted by Crippen LogP contribution is 2.27. The van der Waals surface area contributed by atoms with E-state index in [1.54, 1.807) is 12.1 Å². The van der Waals surface area contributed by atoms with Crippen molar-refractivity contribution in [2.45, 2.75) is 11.6 Å². The Morgan fingerprint density at radius 1 is 1.16 bits per heavy atom. The van der Waals surface area contributed by atoms with E-state index in [2.05, 4.69) is 10.3 Å². The molecule has 0 aliphatic carbocycles. The van der Waals surface area contributed by atoms with Crippen LogP contribution >= 0.6 is 11.6 Å². The number of hydrogen-bond donors (Lipinski definition) is 1. The fraction of sp³-hybridized carbons (Fsp3) is 0.333. The molecule has 13 heteroatoms. The summed E-state index contributed by atoms with van der Waals surface area (Å²) in [4.78, 5) is 40.8. The minimum absolute atomic E-state index is 0.0693. The van der Waals surface area contributed by atoms with Crippen molar-refractivity contribution in [1.82, 2.24) is 18.7 Å². The van der Waals surface area contributed by atoms with Gasteiger partial charge in [-0.25, -0.2) is 18.2 Å². The van der Waals surface area contributed by atoms with Gasteiger partial charge in [0.1, 0.15) is 5.75 Å². The summed E-state index contributed by atoms with van der Waals surface area (Å²) < 4.78 is 34.0. The maximum absolute atomic E-state index is 12.8. The lowest BCUT2D eigenvalue weighted by Crippen LogP contribution is -2.37. The van der Waals surface area contributed by atoms with E-state index in [1.807, 2.05) is 0 Å². The van der Waals surface area contributed by atoms with Crippen LogP contribution in [0.25, 0.3) is 11.2 Å². The van der Waals surface area contributed by atoms with Gasteiger partial charge in [-0.3, -0.25) is 18.7 Å². The Labute approximate surface area is 181 Å². The van der Waals surface area contributed by atoms with Gasteiger partial charge in [-0.2, -0.15) is 0 Å². The van der Waals surface area contributed by atoms with Crippen molar-refractivity contribution < 1.29 is 17.9 Å². The Morgan fingerprint density at radius 2 is 1.84 bits per heavy atom. The van der Waals surface area contributed by atoms with Gasteiger partial charge in [0.05, 0.1) is 18.6 Å². The number of fused-ring (bicyclic) bond motifs is 1. The Hall–Kier alpha value is -3.12. The number of carbonyl (C=O) groups excluding carboxylic acids is 1. The number of imidazole rings is 1. The zero-order valence-corrected chi connectivity index (χ0v) is 18.7. The highest BCUT2D eigenvalue weighted by Gasteiger charge is 2.26. The molecule has 2 heterocycles. The van der Waals surface area contributed by atoms with Gasteiger partial charge in [0.2, 0.25) is 20.9 Å². The summed E-state index contributed by atoms with van der Waals surface area (Å²) in [5.74, 6) is -0.772. The van der Waals surface area contributed by atoms with E-state index in [4.69, 9.17) is 16.3 Å². The van der Waals surface area contributed by atoms with Gasteiger partial charge in [-0.15, -0.1) is 0 Å². The van der Waals surface area contributed by atoms with Gasteiger partial charge in [0.15, 0.2) is 11.2 Å². The summed E-state index contributed by atoms with van der Waals surface area (Å²) in [7, 11) is 1.45. The van der Waals surface area contributed by atoms with Gasteiger partial charge >= 0.3 is 5.69 Å². The Morgan fingerprint density at radius 3 is 2.48 bits per heavy atom. The molecule has 0 radical (unpaired) electrons. The van der Waals surface area contributed by atoms with Crippen LogP contribution in [-0.4, -0.2) is 45.9 Å². The summed E-state index contributed by atoms with van der Waals surface area (Å²) in [5.41, 5.74) is -1.10. The Kier molecular flexibility index (Phi) is 5.96. The first-order chi connectivity index (χ1) is 14.5. The van der Waals surface area contributed by atoms with E-state index in [9.17, 15) is 22.8 Å².